The summed E-state index contributed by atoms with van der Waals surface area (Å²) in [6.07, 6.45) is 8.57. The fourth-order valence-corrected chi connectivity index (χ4v) is 2.36. The van der Waals surface area contributed by atoms with Crippen LogP contribution in [-0.2, 0) is 63.9 Å². The van der Waals surface area contributed by atoms with Crippen LogP contribution in [0.1, 0.15) is 189 Å². The maximum atomic E-state index is 10.7. The van der Waals surface area contributed by atoms with Gasteiger partial charge in [-0.3, -0.25) is 4.79 Å². The minimum atomic E-state index is -0.167. The molecule has 0 aromatic heterocycles. The average molecular weight is 1230 g/mol. The van der Waals surface area contributed by atoms with Gasteiger partial charge in [-0.05, 0) is 133 Å². The normalized spacial score (nSPS) is 7.28. The van der Waals surface area contributed by atoms with Gasteiger partial charge in [0.15, 0.2) is 0 Å². The predicted molar refractivity (Wildman–Crippen MR) is 371 cm³/mol. The van der Waals surface area contributed by atoms with Crippen molar-refractivity contribution in [2.75, 3.05) is 62.0 Å². The lowest BCUT2D eigenvalue weighted by Crippen LogP contribution is -2.33. The Morgan fingerprint density at radius 2 is 0.627 bits per heavy atom. The van der Waals surface area contributed by atoms with Crippen molar-refractivity contribution >= 4 is 73.8 Å². The van der Waals surface area contributed by atoms with Gasteiger partial charge in [-0.1, -0.05) is 147 Å². The van der Waals surface area contributed by atoms with E-state index in [-0.39, 0.29) is 42.2 Å². The zero-order chi connectivity index (χ0) is 70.9. The molecule has 1 aliphatic rings. The Kier molecular flexibility index (Phi) is 661. The van der Waals surface area contributed by atoms with Gasteiger partial charge in [0.2, 0.25) is 5.91 Å². The number of hydrogen-bond donors (Lipinski definition) is 11. The number of nitrogens with zero attached hydrogens (tertiary/aromatic N) is 1. The summed E-state index contributed by atoms with van der Waals surface area (Å²) < 4.78 is 5.23. The second-order valence-electron chi connectivity index (χ2n) is 13.5. The number of carbonyl (C=O) groups excluding carboxylic acids is 11. The Labute approximate surface area is 516 Å². The monoisotopic (exact) mass is 1230 g/mol. The Morgan fingerprint density at radius 1 is 0.458 bits per heavy atom. The Balaban J connectivity index is -0.0000000162. The molecule has 0 bridgehead atoms. The highest BCUT2D eigenvalue weighted by atomic mass is 16.5. The molecule has 0 spiro atoms. The van der Waals surface area contributed by atoms with Crippen LogP contribution < -0.4 is 59.0 Å². The lowest BCUT2D eigenvalue weighted by Gasteiger charge is -2.24. The zero-order valence-electron chi connectivity index (χ0n) is 59.9. The maximum absolute atomic E-state index is 10.7. The summed E-state index contributed by atoms with van der Waals surface area (Å²) in [7, 11) is 9.00. The van der Waals surface area contributed by atoms with Crippen molar-refractivity contribution in [3.8, 4) is 0 Å². The standard InChI is InChI=1S/C8H10.C7H13NO.C6H14O.3C5H12.C3H8O.2C2H6.6CH5N.10CH2O.4H3N/c1-2-8-6-4-3-5-7-8;1-7(9)8-5-3-2-4-6-8;1-5-7-6(2,3)4;3*1-4-5(2)3;1-3(2)4;18*1-2;;;;/h3-7H,2H2,1H3;2-6H2,1H3;5H2,1-4H3;3*5H,4H2,1-3H3;3-4H,1-2H3;2*1-2H3;6*2H2,1H3;10*1H2;4*1H3. The Hall–Kier alpha value is -5.09. The lowest BCUT2D eigenvalue weighted by atomic mass is 10.1. The van der Waals surface area contributed by atoms with Gasteiger partial charge in [-0.2, -0.15) is 0 Å². The van der Waals surface area contributed by atoms with E-state index in [4.69, 9.17) is 57.8 Å². The first-order chi connectivity index (χ1) is 37.8. The molecule has 1 aromatic rings. The summed E-state index contributed by atoms with van der Waals surface area (Å²) in [6, 6.07) is 10.5. The minimum Gasteiger partial charge on any atom is -0.394 e. The quantitative estimate of drug-likeness (QED) is 0.130. The van der Waals surface area contributed by atoms with Crippen molar-refractivity contribution in [3.05, 3.63) is 35.9 Å². The van der Waals surface area contributed by atoms with Crippen LogP contribution in [0.2, 0.25) is 0 Å². The number of aliphatic hydroxyl groups excluding tert-OH is 1. The van der Waals surface area contributed by atoms with Crippen LogP contribution in [0.15, 0.2) is 30.3 Å². The van der Waals surface area contributed by atoms with Gasteiger partial charge in [0.1, 0.15) is 67.9 Å². The molecule has 0 unspecified atom stereocenters. The maximum Gasteiger partial charge on any atom is 0.219 e. The molecule has 24 nitrogen and oxygen atoms in total. The van der Waals surface area contributed by atoms with Crippen LogP contribution in [0.25, 0.3) is 0 Å². The molecule has 524 valence electrons. The van der Waals surface area contributed by atoms with Gasteiger partial charge in [-0.25, -0.2) is 0 Å². The van der Waals surface area contributed by atoms with E-state index in [9.17, 15) is 4.79 Å². The number of carbonyl (C=O) groups is 11. The van der Waals surface area contributed by atoms with Crippen LogP contribution in [0.4, 0.5) is 0 Å². The third-order valence-corrected chi connectivity index (χ3v) is 6.08. The van der Waals surface area contributed by atoms with Crippen molar-refractivity contribution in [3.63, 3.8) is 0 Å². The molecule has 24 heteroatoms. The number of likely N-dealkylation sites (tertiary alicyclic amines) is 1. The van der Waals surface area contributed by atoms with Gasteiger partial charge in [0.05, 0.1) is 5.60 Å². The van der Waals surface area contributed by atoms with Crippen LogP contribution >= 0.6 is 0 Å². The number of amides is 1. The Morgan fingerprint density at radius 3 is 0.699 bits per heavy atom. The summed E-state index contributed by atoms with van der Waals surface area (Å²) in [5.41, 5.74) is 28.5. The molecule has 1 amide bonds. The Bertz CT molecular complexity index is 794. The van der Waals surface area contributed by atoms with E-state index in [0.717, 1.165) is 43.9 Å². The second kappa shape index (κ2) is 308. The van der Waals surface area contributed by atoms with Crippen molar-refractivity contribution in [1.29, 1.82) is 0 Å². The molecule has 0 atom stereocenters. The van der Waals surface area contributed by atoms with E-state index >= 15 is 0 Å². The van der Waals surface area contributed by atoms with E-state index in [1.807, 2.05) is 113 Å². The number of aliphatic hydroxyl groups is 1. The minimum absolute atomic E-state index is 0. The first-order valence-electron chi connectivity index (χ1n) is 25.8. The van der Waals surface area contributed by atoms with Gasteiger partial charge in [0.25, 0.3) is 0 Å². The molecule has 1 aromatic carbocycles. The molecule has 0 radical (unpaired) electrons. The molecule has 1 saturated heterocycles. The molecule has 83 heavy (non-hydrogen) atoms. The fraction of sp³-hybridized carbons (Fsp3) is 0.712. The largest absolute Gasteiger partial charge is 0.394 e. The van der Waals surface area contributed by atoms with E-state index < -0.39 is 0 Å². The molecule has 1 heterocycles. The van der Waals surface area contributed by atoms with E-state index in [0.29, 0.717) is 0 Å². The molecular weight excluding hydrogens is 1070 g/mol. The first kappa shape index (κ1) is 178. The van der Waals surface area contributed by atoms with Crippen LogP contribution in [0, 0.1) is 17.8 Å². The summed E-state index contributed by atoms with van der Waals surface area (Å²) >= 11 is 0. The van der Waals surface area contributed by atoms with Gasteiger partial charge in [-0.15, -0.1) is 0 Å². The lowest BCUT2D eigenvalue weighted by molar-refractivity contribution is -0.129. The van der Waals surface area contributed by atoms with Crippen LogP contribution in [-0.4, -0.2) is 157 Å². The number of piperidine rings is 1. The van der Waals surface area contributed by atoms with Crippen molar-refractivity contribution in [1.82, 2.24) is 29.5 Å². The number of benzene rings is 1. The van der Waals surface area contributed by atoms with Gasteiger partial charge >= 0.3 is 0 Å². The molecule has 25 N–H and O–H groups in total. The number of ether oxygens (including phenoxy) is 1. The number of nitrogens with two attached hydrogens (primary N) is 6. The number of rotatable bonds is 5. The fourth-order valence-electron chi connectivity index (χ4n) is 2.36. The van der Waals surface area contributed by atoms with E-state index in [1.54, 1.807) is 20.8 Å². The van der Waals surface area contributed by atoms with Crippen molar-refractivity contribution in [2.45, 2.75) is 202 Å². The highest BCUT2D eigenvalue weighted by Crippen LogP contribution is 2.08. The van der Waals surface area contributed by atoms with E-state index in [2.05, 4.69) is 149 Å². The summed E-state index contributed by atoms with van der Waals surface area (Å²) in [4.78, 5) is 92.6. The molecule has 1 fully saturated rings. The first-order valence-corrected chi connectivity index (χ1v) is 25.8. The molecule has 0 saturated carbocycles. The highest BCUT2D eigenvalue weighted by Gasteiger charge is 2.11. The highest BCUT2D eigenvalue weighted by molar-refractivity contribution is 5.73. The van der Waals surface area contributed by atoms with Crippen LogP contribution in [0.5, 0.6) is 0 Å². The van der Waals surface area contributed by atoms with E-state index in [1.165, 1.54) is 86.4 Å². The second-order valence-corrected chi connectivity index (χ2v) is 13.5. The average Bonchev–Trinajstić information content (AvgIpc) is 3.54. The van der Waals surface area contributed by atoms with Crippen molar-refractivity contribution < 1.29 is 62.6 Å². The third kappa shape index (κ3) is 596. The SMILES string of the molecule is C=O.C=O.C=O.C=O.C=O.C=O.C=O.C=O.C=O.C=O.CC.CC.CC(=O)N1CCCCC1.CC(C)O.CCC(C)C.CCC(C)C.CCC(C)C.CCOC(C)(C)C.CCc1ccccc1.CN.CN.CN.CN.CN.CN.N.N.N.N. The molecular formula is C59H155N11O13. The topological polar surface area (TPSA) is 517 Å². The third-order valence-electron chi connectivity index (χ3n) is 6.08. The predicted octanol–water partition coefficient (Wildman–Crippen LogP) is 9.93. The van der Waals surface area contributed by atoms with Gasteiger partial charge in [0, 0.05) is 32.7 Å². The molecule has 2 rings (SSSR count). The summed E-state index contributed by atoms with van der Waals surface area (Å²) in [6.45, 7) is 66.1. The number of hydrogen-bond acceptors (Lipinski definition) is 23. The summed E-state index contributed by atoms with van der Waals surface area (Å²) in [5, 5.41) is 8.06. The smallest absolute Gasteiger partial charge is 0.219 e. The van der Waals surface area contributed by atoms with Crippen LogP contribution in [0.3, 0.4) is 0 Å². The summed E-state index contributed by atoms with van der Waals surface area (Å²) in [5.74, 6) is 2.88. The van der Waals surface area contributed by atoms with Gasteiger partial charge < -0.3 is 122 Å². The molecule has 0 aliphatic carbocycles. The molecule has 1 aliphatic heterocycles. The van der Waals surface area contributed by atoms with Crippen molar-refractivity contribution in [2.24, 2.45) is 52.2 Å². The number of aryl methyl sites for hydroxylation is 1. The zero-order valence-corrected chi connectivity index (χ0v) is 59.9.